The van der Waals surface area contributed by atoms with Crippen molar-refractivity contribution in [3.63, 3.8) is 0 Å². The first kappa shape index (κ1) is 15.5. The van der Waals surface area contributed by atoms with Gasteiger partial charge in [-0.2, -0.15) is 0 Å². The van der Waals surface area contributed by atoms with E-state index in [1.807, 2.05) is 6.92 Å². The largest absolute Gasteiger partial charge is 0.481 e. The van der Waals surface area contributed by atoms with E-state index in [1.165, 1.54) is 11.3 Å². The topological polar surface area (TPSA) is 75.6 Å². The monoisotopic (exact) mass is 361 g/mol. The summed E-state index contributed by atoms with van der Waals surface area (Å²) in [6, 6.07) is 1.80. The Kier molecular flexibility index (Phi) is 4.82. The summed E-state index contributed by atoms with van der Waals surface area (Å²) in [5.41, 5.74) is -0.153. The Bertz CT molecular complexity index is 522. The van der Waals surface area contributed by atoms with Crippen LogP contribution in [0.1, 0.15) is 34.5 Å². The van der Waals surface area contributed by atoms with Crippen molar-refractivity contribution < 1.29 is 19.4 Å². The van der Waals surface area contributed by atoms with Gasteiger partial charge in [-0.3, -0.25) is 9.59 Å². The molecule has 0 aliphatic carbocycles. The molecule has 1 aliphatic rings. The van der Waals surface area contributed by atoms with Gasteiger partial charge >= 0.3 is 5.97 Å². The van der Waals surface area contributed by atoms with Crippen LogP contribution in [-0.2, 0) is 9.53 Å². The molecule has 1 aromatic heterocycles. The van der Waals surface area contributed by atoms with Crippen molar-refractivity contribution in [3.05, 3.63) is 20.3 Å². The Balaban J connectivity index is 2.17. The van der Waals surface area contributed by atoms with Crippen molar-refractivity contribution in [2.75, 3.05) is 13.2 Å². The minimum atomic E-state index is -0.909. The molecular weight excluding hydrogens is 346 g/mol. The molecular formula is C13H16BrNO4S. The van der Waals surface area contributed by atoms with Crippen molar-refractivity contribution >= 4 is 39.1 Å². The predicted molar refractivity (Wildman–Crippen MR) is 79.3 cm³/mol. The van der Waals surface area contributed by atoms with Gasteiger partial charge in [0.2, 0.25) is 0 Å². The summed E-state index contributed by atoms with van der Waals surface area (Å²) in [6.45, 7) is 2.86. The highest BCUT2D eigenvalue weighted by atomic mass is 79.9. The highest BCUT2D eigenvalue weighted by molar-refractivity contribution is 9.11. The van der Waals surface area contributed by atoms with E-state index < -0.39 is 11.5 Å². The number of aliphatic carboxylic acids is 1. The average molecular weight is 362 g/mol. The fourth-order valence-corrected chi connectivity index (χ4v) is 4.13. The quantitative estimate of drug-likeness (QED) is 0.863. The number of hydrogen-bond donors (Lipinski definition) is 2. The molecule has 5 nitrogen and oxygen atoms in total. The Morgan fingerprint density at radius 2 is 2.15 bits per heavy atom. The SMILES string of the molecule is Cc1cc(C(=O)NC2(CC(=O)O)CCOCC2)c(Br)s1. The van der Waals surface area contributed by atoms with E-state index in [4.69, 9.17) is 9.84 Å². The molecule has 1 amide bonds. The fraction of sp³-hybridized carbons (Fsp3) is 0.538. The molecule has 0 aromatic carbocycles. The maximum Gasteiger partial charge on any atom is 0.305 e. The van der Waals surface area contributed by atoms with Gasteiger partial charge in [0.05, 0.1) is 21.3 Å². The number of nitrogens with one attached hydrogen (secondary N) is 1. The van der Waals surface area contributed by atoms with Gasteiger partial charge in [0.1, 0.15) is 0 Å². The number of thiophene rings is 1. The number of hydrogen-bond acceptors (Lipinski definition) is 4. The standard InChI is InChI=1S/C13H16BrNO4S/c1-8-6-9(11(14)20-8)12(18)15-13(7-10(16)17)2-4-19-5-3-13/h6H,2-5,7H2,1H3,(H,15,18)(H,16,17). The number of halogens is 1. The third kappa shape index (κ3) is 3.59. The van der Waals surface area contributed by atoms with Gasteiger partial charge in [0.25, 0.3) is 5.91 Å². The number of rotatable bonds is 4. The molecule has 2 N–H and O–H groups in total. The first-order valence-corrected chi connectivity index (χ1v) is 7.91. The van der Waals surface area contributed by atoms with Crippen LogP contribution in [0.5, 0.6) is 0 Å². The van der Waals surface area contributed by atoms with Crippen LogP contribution in [0.2, 0.25) is 0 Å². The van der Waals surface area contributed by atoms with Gasteiger partial charge < -0.3 is 15.2 Å². The maximum absolute atomic E-state index is 12.4. The third-order valence-corrected chi connectivity index (χ3v) is 5.12. The minimum absolute atomic E-state index is 0.0805. The van der Waals surface area contributed by atoms with Gasteiger partial charge in [-0.15, -0.1) is 11.3 Å². The summed E-state index contributed by atoms with van der Waals surface area (Å²) < 4.78 is 6.04. The number of carbonyl (C=O) groups excluding carboxylic acids is 1. The molecule has 0 radical (unpaired) electrons. The van der Waals surface area contributed by atoms with Gasteiger partial charge in [-0.1, -0.05) is 0 Å². The van der Waals surface area contributed by atoms with E-state index >= 15 is 0 Å². The zero-order valence-electron chi connectivity index (χ0n) is 11.1. The zero-order chi connectivity index (χ0) is 14.8. The van der Waals surface area contributed by atoms with Crippen molar-refractivity contribution in [3.8, 4) is 0 Å². The van der Waals surface area contributed by atoms with Crippen molar-refractivity contribution in [1.82, 2.24) is 5.32 Å². The van der Waals surface area contributed by atoms with Gasteiger partial charge in [-0.05, 0) is 41.8 Å². The normalized spacial score (nSPS) is 17.7. The lowest BCUT2D eigenvalue weighted by Crippen LogP contribution is -2.53. The smallest absolute Gasteiger partial charge is 0.305 e. The van der Waals surface area contributed by atoms with Crippen molar-refractivity contribution in [2.45, 2.75) is 31.7 Å². The van der Waals surface area contributed by atoms with Gasteiger partial charge in [0.15, 0.2) is 0 Å². The second kappa shape index (κ2) is 6.24. The molecule has 1 saturated heterocycles. The summed E-state index contributed by atoms with van der Waals surface area (Å²) in [4.78, 5) is 24.5. The molecule has 0 saturated carbocycles. The molecule has 0 spiro atoms. The number of carboxylic acids is 1. The highest BCUT2D eigenvalue weighted by Crippen LogP contribution is 2.30. The molecule has 110 valence electrons. The zero-order valence-corrected chi connectivity index (χ0v) is 13.5. The molecule has 0 bridgehead atoms. The van der Waals surface area contributed by atoms with E-state index in [0.29, 0.717) is 31.6 Å². The number of carboxylic acid groups (broad SMARTS) is 1. The Labute approximate surface area is 129 Å². The molecule has 2 rings (SSSR count). The lowest BCUT2D eigenvalue weighted by Gasteiger charge is -2.36. The summed E-state index contributed by atoms with van der Waals surface area (Å²) >= 11 is 4.85. The van der Waals surface area contributed by atoms with Gasteiger partial charge in [0, 0.05) is 18.1 Å². The van der Waals surface area contributed by atoms with Crippen molar-refractivity contribution in [2.24, 2.45) is 0 Å². The number of ether oxygens (including phenoxy) is 1. The first-order valence-electron chi connectivity index (χ1n) is 6.30. The average Bonchev–Trinajstić information content (AvgIpc) is 2.68. The molecule has 0 atom stereocenters. The van der Waals surface area contributed by atoms with E-state index in [-0.39, 0.29) is 12.3 Å². The van der Waals surface area contributed by atoms with Crippen LogP contribution >= 0.6 is 27.3 Å². The fourth-order valence-electron chi connectivity index (χ4n) is 2.35. The van der Waals surface area contributed by atoms with Crippen LogP contribution in [0.25, 0.3) is 0 Å². The van der Waals surface area contributed by atoms with Crippen LogP contribution in [0, 0.1) is 6.92 Å². The summed E-state index contributed by atoms with van der Waals surface area (Å²) in [5, 5.41) is 12.0. The lowest BCUT2D eigenvalue weighted by molar-refractivity contribution is -0.139. The highest BCUT2D eigenvalue weighted by Gasteiger charge is 2.37. The Morgan fingerprint density at radius 3 is 2.65 bits per heavy atom. The molecule has 1 fully saturated rings. The summed E-state index contributed by atoms with van der Waals surface area (Å²) in [7, 11) is 0. The van der Waals surface area contributed by atoms with Crippen LogP contribution in [0.3, 0.4) is 0 Å². The van der Waals surface area contributed by atoms with E-state index in [1.54, 1.807) is 6.07 Å². The third-order valence-electron chi connectivity index (χ3n) is 3.37. The Morgan fingerprint density at radius 1 is 1.50 bits per heavy atom. The summed E-state index contributed by atoms with van der Waals surface area (Å²) in [5.74, 6) is -1.14. The van der Waals surface area contributed by atoms with Crippen LogP contribution < -0.4 is 5.32 Å². The number of amides is 1. The van der Waals surface area contributed by atoms with E-state index in [2.05, 4.69) is 21.2 Å². The molecule has 20 heavy (non-hydrogen) atoms. The molecule has 7 heteroatoms. The second-order valence-corrected chi connectivity index (χ2v) is 7.54. The van der Waals surface area contributed by atoms with Crippen LogP contribution in [-0.4, -0.2) is 35.7 Å². The van der Waals surface area contributed by atoms with Gasteiger partial charge in [-0.25, -0.2) is 0 Å². The molecule has 1 aromatic rings. The lowest BCUT2D eigenvalue weighted by atomic mass is 9.86. The van der Waals surface area contributed by atoms with E-state index in [0.717, 1.165) is 8.66 Å². The number of aryl methyl sites for hydroxylation is 1. The minimum Gasteiger partial charge on any atom is -0.481 e. The maximum atomic E-state index is 12.4. The first-order chi connectivity index (χ1) is 9.42. The number of carbonyl (C=O) groups is 2. The predicted octanol–water partition coefficient (Wildman–Crippen LogP) is 2.57. The molecule has 1 aliphatic heterocycles. The van der Waals surface area contributed by atoms with Crippen molar-refractivity contribution in [1.29, 1.82) is 0 Å². The van der Waals surface area contributed by atoms with E-state index in [9.17, 15) is 9.59 Å². The summed E-state index contributed by atoms with van der Waals surface area (Å²) in [6.07, 6.45) is 0.959. The van der Waals surface area contributed by atoms with Crippen LogP contribution in [0.15, 0.2) is 9.85 Å². The second-order valence-electron chi connectivity index (χ2n) is 4.96. The Hall–Kier alpha value is -0.920. The molecule has 2 heterocycles. The molecule has 0 unspecified atom stereocenters. The van der Waals surface area contributed by atoms with Crippen LogP contribution in [0.4, 0.5) is 0 Å².